The van der Waals surface area contributed by atoms with Crippen LogP contribution in [0.5, 0.6) is 5.75 Å². The molecule has 3 aromatic rings. The molecular weight excluding hydrogens is 415 g/mol. The van der Waals surface area contributed by atoms with Crippen LogP contribution in [0.25, 0.3) is 10.9 Å². The number of ether oxygens (including phenoxy) is 1. The Kier molecular flexibility index (Phi) is 6.05. The number of fused-ring (bicyclic) bond motifs is 1. The van der Waals surface area contributed by atoms with E-state index in [4.69, 9.17) is 0 Å². The average molecular weight is 437 g/mol. The molecule has 1 unspecified atom stereocenters. The van der Waals surface area contributed by atoms with E-state index in [-0.39, 0.29) is 18.2 Å². The molecule has 1 N–H and O–H groups in total. The number of aromatic nitrogens is 4. The van der Waals surface area contributed by atoms with Gasteiger partial charge in [0.15, 0.2) is 0 Å². The lowest BCUT2D eigenvalue weighted by Crippen LogP contribution is -2.35. The van der Waals surface area contributed by atoms with E-state index >= 15 is 0 Å². The van der Waals surface area contributed by atoms with Crippen LogP contribution in [-0.4, -0.2) is 31.8 Å². The number of amides is 1. The van der Waals surface area contributed by atoms with E-state index in [1.165, 1.54) is 30.5 Å². The van der Waals surface area contributed by atoms with Gasteiger partial charge in [-0.05, 0) is 30.5 Å². The zero-order valence-electron chi connectivity index (χ0n) is 17.4. The number of hydrogen-bond acceptors (Lipinski definition) is 5. The Hall–Kier alpha value is -3.37. The molecule has 0 radical (unpaired) electrons. The van der Waals surface area contributed by atoms with Crippen molar-refractivity contribution in [1.29, 1.82) is 0 Å². The Morgan fingerprint density at radius 3 is 2.42 bits per heavy atom. The minimum atomic E-state index is -4.77. The summed E-state index contributed by atoms with van der Waals surface area (Å²) in [5, 5.41) is 11.6. The predicted octanol–water partition coefficient (Wildman–Crippen LogP) is 3.03. The summed E-state index contributed by atoms with van der Waals surface area (Å²) in [6.45, 7) is 5.21. The van der Waals surface area contributed by atoms with Crippen molar-refractivity contribution in [1.82, 2.24) is 24.9 Å². The van der Waals surface area contributed by atoms with Crippen molar-refractivity contribution in [3.63, 3.8) is 0 Å². The molecule has 2 aromatic heterocycles. The van der Waals surface area contributed by atoms with Crippen LogP contribution in [0.3, 0.4) is 0 Å². The van der Waals surface area contributed by atoms with E-state index in [0.29, 0.717) is 22.2 Å². The fourth-order valence-electron chi connectivity index (χ4n) is 3.21. The van der Waals surface area contributed by atoms with E-state index in [2.05, 4.69) is 20.3 Å². The third kappa shape index (κ3) is 5.04. The van der Waals surface area contributed by atoms with Gasteiger partial charge < -0.3 is 10.1 Å². The lowest BCUT2D eigenvalue weighted by Gasteiger charge is -2.16. The summed E-state index contributed by atoms with van der Waals surface area (Å²) >= 11 is 0. The summed E-state index contributed by atoms with van der Waals surface area (Å²) in [6.07, 6.45) is -3.28. The second-order valence-electron chi connectivity index (χ2n) is 7.44. The normalized spacial score (nSPS) is 12.9. The van der Waals surface area contributed by atoms with Crippen molar-refractivity contribution in [2.75, 3.05) is 0 Å². The van der Waals surface area contributed by atoms with Gasteiger partial charge in [0, 0.05) is 7.05 Å². The minimum absolute atomic E-state index is 0.0189. The molecule has 8 nitrogen and oxygen atoms in total. The predicted molar refractivity (Wildman–Crippen MR) is 107 cm³/mol. The van der Waals surface area contributed by atoms with E-state index < -0.39 is 23.9 Å². The van der Waals surface area contributed by atoms with Gasteiger partial charge in [0.25, 0.3) is 5.56 Å². The number of nitrogens with one attached hydrogen (secondary N) is 1. The number of halogens is 3. The Labute approximate surface area is 175 Å². The molecule has 1 atom stereocenters. The number of carbonyl (C=O) groups excluding carboxylic acids is 1. The quantitative estimate of drug-likeness (QED) is 0.640. The first-order chi connectivity index (χ1) is 14.5. The van der Waals surface area contributed by atoms with Gasteiger partial charge in [-0.15, -0.1) is 13.2 Å². The number of hydrogen-bond donors (Lipinski definition) is 1. The summed E-state index contributed by atoms with van der Waals surface area (Å²) < 4.78 is 43.3. The summed E-state index contributed by atoms with van der Waals surface area (Å²) in [5.41, 5.74) is 1.38. The molecule has 0 saturated heterocycles. The van der Waals surface area contributed by atoms with Crippen LogP contribution in [0, 0.1) is 0 Å². The van der Waals surface area contributed by atoms with Gasteiger partial charge in [-0.25, -0.2) is 4.68 Å². The van der Waals surface area contributed by atoms with Crippen LogP contribution < -0.4 is 15.6 Å². The van der Waals surface area contributed by atoms with Crippen LogP contribution in [-0.2, 0) is 18.4 Å². The molecule has 0 aliphatic heterocycles. The Morgan fingerprint density at radius 1 is 1.19 bits per heavy atom. The third-order valence-electron chi connectivity index (χ3n) is 4.72. The number of carbonyl (C=O) groups is 1. The smallest absolute Gasteiger partial charge is 0.406 e. The van der Waals surface area contributed by atoms with Crippen LogP contribution in [0.1, 0.15) is 44.0 Å². The number of nitrogens with zero attached hydrogens (tertiary/aromatic N) is 4. The first kappa shape index (κ1) is 22.3. The second-order valence-corrected chi connectivity index (χ2v) is 7.44. The zero-order chi connectivity index (χ0) is 22.9. The van der Waals surface area contributed by atoms with Crippen LogP contribution in [0.4, 0.5) is 13.2 Å². The van der Waals surface area contributed by atoms with Gasteiger partial charge >= 0.3 is 6.36 Å². The van der Waals surface area contributed by atoms with Gasteiger partial charge in [0.05, 0.1) is 28.8 Å². The topological polar surface area (TPSA) is 91.0 Å². The zero-order valence-corrected chi connectivity index (χ0v) is 17.4. The molecule has 166 valence electrons. The maximum absolute atomic E-state index is 12.9. The number of aryl methyl sites for hydroxylation is 1. The van der Waals surface area contributed by atoms with Crippen molar-refractivity contribution in [3.8, 4) is 5.75 Å². The monoisotopic (exact) mass is 437 g/mol. The van der Waals surface area contributed by atoms with E-state index in [0.717, 1.165) is 4.68 Å². The molecule has 0 bridgehead atoms. The summed E-state index contributed by atoms with van der Waals surface area (Å²) in [6, 6.07) is 4.68. The number of rotatable bonds is 6. The highest BCUT2D eigenvalue weighted by Crippen LogP contribution is 2.24. The first-order valence-corrected chi connectivity index (χ1v) is 9.54. The molecule has 0 saturated carbocycles. The fourth-order valence-corrected chi connectivity index (χ4v) is 3.21. The lowest BCUT2D eigenvalue weighted by atomic mass is 10.1. The lowest BCUT2D eigenvalue weighted by molar-refractivity contribution is -0.274. The standard InChI is InChI=1S/C20H22F3N5O3/c1-11(2)18-17-15(27(4)26-18)9-24-28(19(17)30)10-16(29)25-12(3)13-5-7-14(8-6-13)31-20(21,22)23/h5-9,11-12H,10H2,1-4H3,(H,25,29). The molecule has 0 spiro atoms. The molecule has 1 amide bonds. The minimum Gasteiger partial charge on any atom is -0.406 e. The van der Waals surface area contributed by atoms with Crippen LogP contribution in [0.2, 0.25) is 0 Å². The molecule has 1 aromatic carbocycles. The molecule has 11 heteroatoms. The Bertz CT molecular complexity index is 1150. The molecule has 31 heavy (non-hydrogen) atoms. The second kappa shape index (κ2) is 8.40. The van der Waals surface area contributed by atoms with Crippen LogP contribution in [0.15, 0.2) is 35.3 Å². The van der Waals surface area contributed by atoms with Crippen molar-refractivity contribution >= 4 is 16.8 Å². The van der Waals surface area contributed by atoms with Crippen LogP contribution >= 0.6 is 0 Å². The number of alkyl halides is 3. The van der Waals surface area contributed by atoms with E-state index in [1.54, 1.807) is 18.7 Å². The van der Waals surface area contributed by atoms with Gasteiger partial charge in [0.1, 0.15) is 12.3 Å². The highest BCUT2D eigenvalue weighted by atomic mass is 19.4. The average Bonchev–Trinajstić information content (AvgIpc) is 3.01. The van der Waals surface area contributed by atoms with Crippen molar-refractivity contribution < 1.29 is 22.7 Å². The van der Waals surface area contributed by atoms with Gasteiger partial charge in [-0.3, -0.25) is 14.3 Å². The highest BCUT2D eigenvalue weighted by molar-refractivity contribution is 5.81. The molecule has 2 heterocycles. The molecular formula is C20H22F3N5O3. The maximum atomic E-state index is 12.9. The van der Waals surface area contributed by atoms with Gasteiger partial charge in [-0.2, -0.15) is 10.2 Å². The molecule has 0 fully saturated rings. The SMILES string of the molecule is CC(C)c1nn(C)c2cnn(CC(=O)NC(C)c3ccc(OC(F)(F)F)cc3)c(=O)c12. The fraction of sp³-hybridized carbons (Fsp3) is 0.400. The summed E-state index contributed by atoms with van der Waals surface area (Å²) in [4.78, 5) is 25.3. The van der Waals surface area contributed by atoms with Crippen molar-refractivity contribution in [2.45, 2.75) is 45.6 Å². The van der Waals surface area contributed by atoms with Gasteiger partial charge in [0.2, 0.25) is 5.91 Å². The van der Waals surface area contributed by atoms with Crippen molar-refractivity contribution in [2.24, 2.45) is 7.05 Å². The van der Waals surface area contributed by atoms with E-state index in [1.807, 2.05) is 13.8 Å². The Morgan fingerprint density at radius 2 is 1.84 bits per heavy atom. The van der Waals surface area contributed by atoms with Crippen molar-refractivity contribution in [3.05, 3.63) is 52.1 Å². The molecule has 3 rings (SSSR count). The summed E-state index contributed by atoms with van der Waals surface area (Å²) in [5.74, 6) is -0.797. The molecule has 0 aliphatic carbocycles. The Balaban J connectivity index is 1.73. The number of benzene rings is 1. The highest BCUT2D eigenvalue weighted by Gasteiger charge is 2.31. The molecule has 0 aliphatic rings. The first-order valence-electron chi connectivity index (χ1n) is 9.54. The third-order valence-corrected chi connectivity index (χ3v) is 4.72. The van der Waals surface area contributed by atoms with E-state index in [9.17, 15) is 22.8 Å². The van der Waals surface area contributed by atoms with Gasteiger partial charge in [-0.1, -0.05) is 26.0 Å². The summed E-state index contributed by atoms with van der Waals surface area (Å²) in [7, 11) is 1.72. The maximum Gasteiger partial charge on any atom is 0.573 e. The largest absolute Gasteiger partial charge is 0.573 e.